The van der Waals surface area contributed by atoms with Gasteiger partial charge in [-0.3, -0.25) is 0 Å². The summed E-state index contributed by atoms with van der Waals surface area (Å²) in [6.07, 6.45) is 1.62. The highest BCUT2D eigenvalue weighted by Crippen LogP contribution is 2.13. The smallest absolute Gasteiger partial charge is 0.170 e. The average molecular weight is 271 g/mol. The van der Waals surface area contributed by atoms with Crippen LogP contribution in [0.3, 0.4) is 0 Å². The normalized spacial score (nSPS) is 16.4. The molecule has 1 aliphatic heterocycles. The van der Waals surface area contributed by atoms with Crippen molar-refractivity contribution < 1.29 is 9.94 Å². The van der Waals surface area contributed by atoms with Gasteiger partial charge in [-0.05, 0) is 18.2 Å². The predicted molar refractivity (Wildman–Crippen MR) is 76.3 cm³/mol. The van der Waals surface area contributed by atoms with Crippen LogP contribution in [-0.2, 0) is 4.74 Å². The van der Waals surface area contributed by atoms with Gasteiger partial charge in [-0.25, -0.2) is 4.99 Å². The van der Waals surface area contributed by atoms with Crippen molar-refractivity contribution in [3.05, 3.63) is 54.1 Å². The number of morpholine rings is 1. The Morgan fingerprint density at radius 3 is 2.55 bits per heavy atom. The molecule has 0 unspecified atom stereocenters. The molecule has 1 saturated heterocycles. The Balaban J connectivity index is 1.96. The quantitative estimate of drug-likeness (QED) is 0.847. The van der Waals surface area contributed by atoms with Gasteiger partial charge < -0.3 is 14.8 Å². The van der Waals surface area contributed by atoms with Crippen molar-refractivity contribution >= 4 is 11.4 Å². The maximum Gasteiger partial charge on any atom is 0.170 e. The molecule has 5 nitrogen and oxygen atoms in total. The number of nitrogens with zero attached hydrogens (tertiary/aromatic N) is 3. The molecular formula is C15H17N3O2. The number of para-hydroxylation sites is 1. The lowest BCUT2D eigenvalue weighted by atomic mass is 10.3. The van der Waals surface area contributed by atoms with Gasteiger partial charge >= 0.3 is 0 Å². The van der Waals surface area contributed by atoms with E-state index in [1.54, 1.807) is 6.20 Å². The predicted octanol–water partition coefficient (Wildman–Crippen LogP) is 1.79. The summed E-state index contributed by atoms with van der Waals surface area (Å²) < 4.78 is 6.39. The molecule has 2 aromatic rings. The van der Waals surface area contributed by atoms with E-state index in [0.29, 0.717) is 5.49 Å². The van der Waals surface area contributed by atoms with Crippen molar-refractivity contribution in [2.24, 2.45) is 4.99 Å². The second kappa shape index (κ2) is 5.79. The molecule has 1 aliphatic rings. The lowest BCUT2D eigenvalue weighted by Crippen LogP contribution is -2.37. The first-order valence-electron chi connectivity index (χ1n) is 6.67. The van der Waals surface area contributed by atoms with E-state index < -0.39 is 0 Å². The number of hydrogen-bond acceptors (Lipinski definition) is 4. The summed E-state index contributed by atoms with van der Waals surface area (Å²) in [7, 11) is 0. The van der Waals surface area contributed by atoms with Crippen molar-refractivity contribution in [2.45, 2.75) is 0 Å². The number of anilines is 1. The summed E-state index contributed by atoms with van der Waals surface area (Å²) in [6, 6.07) is 13.4. The molecule has 0 spiro atoms. The van der Waals surface area contributed by atoms with Crippen molar-refractivity contribution in [3.63, 3.8) is 0 Å². The summed E-state index contributed by atoms with van der Waals surface area (Å²) in [5.74, 6) is 0. The Labute approximate surface area is 117 Å². The molecule has 20 heavy (non-hydrogen) atoms. The zero-order valence-electron chi connectivity index (χ0n) is 11.1. The molecule has 1 aromatic heterocycles. The van der Waals surface area contributed by atoms with Crippen LogP contribution in [0.4, 0.5) is 11.4 Å². The van der Waals surface area contributed by atoms with Crippen molar-refractivity contribution in [1.82, 2.24) is 4.73 Å². The SMILES string of the molecule is On1ccc(N2CCOCC2)cc1=Nc1ccccc1. The summed E-state index contributed by atoms with van der Waals surface area (Å²) >= 11 is 0. The monoisotopic (exact) mass is 271 g/mol. The number of benzene rings is 1. The summed E-state index contributed by atoms with van der Waals surface area (Å²) in [5, 5.41) is 9.87. The number of ether oxygens (including phenoxy) is 1. The van der Waals surface area contributed by atoms with Crippen LogP contribution >= 0.6 is 0 Å². The fourth-order valence-electron chi connectivity index (χ4n) is 2.21. The molecule has 104 valence electrons. The molecule has 2 heterocycles. The third kappa shape index (κ3) is 2.83. The maximum atomic E-state index is 9.87. The molecule has 0 aliphatic carbocycles. The molecule has 1 fully saturated rings. The van der Waals surface area contributed by atoms with Crippen molar-refractivity contribution in [2.75, 3.05) is 31.2 Å². The Hall–Kier alpha value is -2.27. The van der Waals surface area contributed by atoms with Gasteiger partial charge in [0.1, 0.15) is 0 Å². The highest BCUT2D eigenvalue weighted by atomic mass is 16.5. The van der Waals surface area contributed by atoms with E-state index in [1.807, 2.05) is 42.5 Å². The molecule has 0 saturated carbocycles. The molecule has 1 N–H and O–H groups in total. The van der Waals surface area contributed by atoms with Crippen LogP contribution in [0.5, 0.6) is 0 Å². The lowest BCUT2D eigenvalue weighted by molar-refractivity contribution is 0.122. The highest BCUT2D eigenvalue weighted by molar-refractivity contribution is 5.45. The molecule has 0 bridgehead atoms. The number of pyridine rings is 1. The second-order valence-corrected chi connectivity index (χ2v) is 4.63. The summed E-state index contributed by atoms with van der Waals surface area (Å²) in [6.45, 7) is 3.19. The minimum Gasteiger partial charge on any atom is -0.427 e. The standard InChI is InChI=1S/C15H17N3O2/c19-18-7-6-14(17-8-10-20-11-9-17)12-15(18)16-13-4-2-1-3-5-13/h1-7,12,19H,8-11H2. The van der Waals surface area contributed by atoms with Gasteiger partial charge in [0, 0.05) is 31.0 Å². The van der Waals surface area contributed by atoms with E-state index in [1.165, 1.54) is 0 Å². The van der Waals surface area contributed by atoms with Gasteiger partial charge in [0.05, 0.1) is 18.9 Å². The minimum absolute atomic E-state index is 0.514. The fourth-order valence-corrected chi connectivity index (χ4v) is 2.21. The van der Waals surface area contributed by atoms with Crippen molar-refractivity contribution in [3.8, 4) is 0 Å². The number of rotatable bonds is 2. The highest BCUT2D eigenvalue weighted by Gasteiger charge is 2.11. The fraction of sp³-hybridized carbons (Fsp3) is 0.267. The van der Waals surface area contributed by atoms with Gasteiger partial charge in [0.25, 0.3) is 0 Å². The summed E-state index contributed by atoms with van der Waals surface area (Å²) in [4.78, 5) is 6.68. The second-order valence-electron chi connectivity index (χ2n) is 4.63. The van der Waals surface area contributed by atoms with E-state index in [4.69, 9.17) is 4.74 Å². The first-order valence-corrected chi connectivity index (χ1v) is 6.67. The van der Waals surface area contributed by atoms with Crippen LogP contribution < -0.4 is 10.4 Å². The zero-order chi connectivity index (χ0) is 13.8. The summed E-state index contributed by atoms with van der Waals surface area (Å²) in [5.41, 5.74) is 2.38. The van der Waals surface area contributed by atoms with Crippen LogP contribution in [-0.4, -0.2) is 36.2 Å². The Bertz CT molecular complexity index is 631. The number of aromatic nitrogens is 1. The Morgan fingerprint density at radius 2 is 1.80 bits per heavy atom. The Morgan fingerprint density at radius 1 is 1.05 bits per heavy atom. The van der Waals surface area contributed by atoms with E-state index in [9.17, 15) is 5.21 Å². The zero-order valence-corrected chi connectivity index (χ0v) is 11.1. The maximum absolute atomic E-state index is 9.87. The first-order chi connectivity index (χ1) is 9.83. The minimum atomic E-state index is 0.514. The van der Waals surface area contributed by atoms with E-state index in [-0.39, 0.29) is 0 Å². The molecule has 0 amide bonds. The van der Waals surface area contributed by atoms with E-state index >= 15 is 0 Å². The van der Waals surface area contributed by atoms with Crippen LogP contribution in [0.15, 0.2) is 53.7 Å². The van der Waals surface area contributed by atoms with Gasteiger partial charge in [-0.15, -0.1) is 0 Å². The first kappa shape index (κ1) is 12.7. The third-order valence-corrected chi connectivity index (χ3v) is 3.27. The van der Waals surface area contributed by atoms with Gasteiger partial charge in [0.15, 0.2) is 5.49 Å². The van der Waals surface area contributed by atoms with Gasteiger partial charge in [0.2, 0.25) is 0 Å². The van der Waals surface area contributed by atoms with Gasteiger partial charge in [-0.2, -0.15) is 4.73 Å². The van der Waals surface area contributed by atoms with Crippen LogP contribution in [0, 0.1) is 0 Å². The topological polar surface area (TPSA) is 50.0 Å². The molecule has 1 aromatic carbocycles. The Kier molecular flexibility index (Phi) is 3.69. The largest absolute Gasteiger partial charge is 0.427 e. The molecule has 0 radical (unpaired) electrons. The van der Waals surface area contributed by atoms with E-state index in [2.05, 4.69) is 9.89 Å². The van der Waals surface area contributed by atoms with Crippen LogP contribution in [0.2, 0.25) is 0 Å². The van der Waals surface area contributed by atoms with Gasteiger partial charge in [-0.1, -0.05) is 18.2 Å². The lowest BCUT2D eigenvalue weighted by Gasteiger charge is -2.28. The molecule has 3 rings (SSSR count). The van der Waals surface area contributed by atoms with Crippen LogP contribution in [0.1, 0.15) is 0 Å². The third-order valence-electron chi connectivity index (χ3n) is 3.27. The average Bonchev–Trinajstić information content (AvgIpc) is 2.51. The molecule has 0 atom stereocenters. The molecular weight excluding hydrogens is 254 g/mol. The van der Waals surface area contributed by atoms with E-state index in [0.717, 1.165) is 42.4 Å². The van der Waals surface area contributed by atoms with Crippen LogP contribution in [0.25, 0.3) is 0 Å². The molecule has 5 heteroatoms. The number of hydrogen-bond donors (Lipinski definition) is 1. The van der Waals surface area contributed by atoms with Crippen molar-refractivity contribution in [1.29, 1.82) is 0 Å².